The lowest BCUT2D eigenvalue weighted by Crippen LogP contribution is -2.37. The molecule has 0 saturated heterocycles. The highest BCUT2D eigenvalue weighted by Crippen LogP contribution is 2.09. The first kappa shape index (κ1) is 11.1. The summed E-state index contributed by atoms with van der Waals surface area (Å²) in [5.41, 5.74) is 2.44. The number of nitrogens with one attached hydrogen (secondary N) is 1. The van der Waals surface area contributed by atoms with E-state index >= 15 is 0 Å². The van der Waals surface area contributed by atoms with E-state index < -0.39 is 10.8 Å². The van der Waals surface area contributed by atoms with E-state index in [2.05, 4.69) is 10.4 Å². The lowest BCUT2D eigenvalue weighted by atomic mass is 10.6. The number of carbonyl (C=O) groups is 1. The quantitative estimate of drug-likeness (QED) is 0.541. The molecule has 0 aliphatic rings. The van der Waals surface area contributed by atoms with Crippen molar-refractivity contribution in [2.24, 2.45) is 7.05 Å². The fourth-order valence-electron chi connectivity index (χ4n) is 1.00. The monoisotopic (exact) mass is 213 g/mol. The van der Waals surface area contributed by atoms with Gasteiger partial charge in [-0.05, 0) is 9.91 Å². The van der Waals surface area contributed by atoms with Crippen LogP contribution in [0.25, 0.3) is 0 Å². The van der Waals surface area contributed by atoms with Crippen molar-refractivity contribution in [3.63, 3.8) is 0 Å². The van der Waals surface area contributed by atoms with E-state index in [0.29, 0.717) is 0 Å². The summed E-state index contributed by atoms with van der Waals surface area (Å²) in [6, 6.07) is 0. The second-order valence-electron chi connectivity index (χ2n) is 3.13. The van der Waals surface area contributed by atoms with Gasteiger partial charge in [-0.2, -0.15) is 0 Å². The van der Waals surface area contributed by atoms with Crippen molar-refractivity contribution in [3.05, 3.63) is 22.1 Å². The second-order valence-corrected chi connectivity index (χ2v) is 3.13. The van der Waals surface area contributed by atoms with Gasteiger partial charge >= 0.3 is 17.5 Å². The third-order valence-corrected chi connectivity index (χ3v) is 1.58. The van der Waals surface area contributed by atoms with Crippen LogP contribution < -0.4 is 5.43 Å². The third kappa shape index (κ3) is 2.50. The van der Waals surface area contributed by atoms with Gasteiger partial charge in [0.2, 0.25) is 0 Å². The molecule has 1 amide bonds. The molecule has 8 nitrogen and oxygen atoms in total. The van der Waals surface area contributed by atoms with Gasteiger partial charge in [-0.25, -0.2) is 5.01 Å². The number of nitro groups is 1. The molecule has 82 valence electrons. The zero-order chi connectivity index (χ0) is 11.6. The highest BCUT2D eigenvalue weighted by Gasteiger charge is 2.23. The number of aryl methyl sites for hydroxylation is 1. The molecule has 0 atom stereocenters. The van der Waals surface area contributed by atoms with Crippen molar-refractivity contribution < 1.29 is 9.72 Å². The Balaban J connectivity index is 2.94. The number of imidazole rings is 1. The Kier molecular flexibility index (Phi) is 3.00. The molecule has 0 fully saturated rings. The van der Waals surface area contributed by atoms with Gasteiger partial charge in [0.15, 0.2) is 0 Å². The summed E-state index contributed by atoms with van der Waals surface area (Å²) in [7, 11) is 4.79. The molecule has 1 N–H and O–H groups in total. The van der Waals surface area contributed by atoms with Crippen molar-refractivity contribution in [2.75, 3.05) is 14.1 Å². The normalized spacial score (nSPS) is 10.4. The minimum Gasteiger partial charge on any atom is -0.358 e. The minimum atomic E-state index is -0.646. The largest absolute Gasteiger partial charge is 0.382 e. The van der Waals surface area contributed by atoms with Gasteiger partial charge in [-0.3, -0.25) is 10.2 Å². The average Bonchev–Trinajstić information content (AvgIpc) is 2.46. The lowest BCUT2D eigenvalue weighted by molar-refractivity contribution is -0.389. The van der Waals surface area contributed by atoms with Gasteiger partial charge in [0.1, 0.15) is 6.20 Å². The fourth-order valence-corrected chi connectivity index (χ4v) is 1.00. The van der Waals surface area contributed by atoms with Gasteiger partial charge in [0.05, 0.1) is 0 Å². The lowest BCUT2D eigenvalue weighted by Gasteiger charge is -2.09. The molecule has 0 saturated carbocycles. The average molecular weight is 213 g/mol. The first-order valence-electron chi connectivity index (χ1n) is 4.08. The van der Waals surface area contributed by atoms with Crippen LogP contribution in [-0.2, 0) is 7.05 Å². The highest BCUT2D eigenvalue weighted by molar-refractivity contribution is 5.90. The summed E-state index contributed by atoms with van der Waals surface area (Å²) in [5.74, 6) is -0.840. The molecule has 0 bridgehead atoms. The zero-order valence-electron chi connectivity index (χ0n) is 8.59. The maximum Gasteiger partial charge on any atom is 0.382 e. The number of nitrogens with zero attached hydrogens (tertiary/aromatic N) is 4. The smallest absolute Gasteiger partial charge is 0.358 e. The summed E-state index contributed by atoms with van der Waals surface area (Å²) < 4.78 is 1.30. The Morgan fingerprint density at radius 2 is 2.27 bits per heavy atom. The maximum atomic E-state index is 11.5. The highest BCUT2D eigenvalue weighted by atomic mass is 16.6. The molecule has 0 radical (unpaired) electrons. The van der Waals surface area contributed by atoms with Crippen LogP contribution in [0, 0.1) is 10.1 Å². The van der Waals surface area contributed by atoms with E-state index in [1.807, 2.05) is 0 Å². The second kappa shape index (κ2) is 4.05. The van der Waals surface area contributed by atoms with Crippen LogP contribution in [0.5, 0.6) is 0 Å². The predicted octanol–water partition coefficient (Wildman–Crippen LogP) is -0.465. The van der Waals surface area contributed by atoms with E-state index in [1.54, 1.807) is 14.1 Å². The third-order valence-electron chi connectivity index (χ3n) is 1.58. The van der Waals surface area contributed by atoms with Crippen molar-refractivity contribution in [1.29, 1.82) is 0 Å². The summed E-state index contributed by atoms with van der Waals surface area (Å²) in [6.45, 7) is 0. The van der Waals surface area contributed by atoms with Crippen molar-refractivity contribution >= 4 is 11.7 Å². The van der Waals surface area contributed by atoms with Crippen molar-refractivity contribution in [2.45, 2.75) is 0 Å². The van der Waals surface area contributed by atoms with Gasteiger partial charge in [0, 0.05) is 21.1 Å². The molecule has 8 heteroatoms. The number of aromatic nitrogens is 2. The summed E-state index contributed by atoms with van der Waals surface area (Å²) >= 11 is 0. The number of hydrazine groups is 1. The number of hydrogen-bond donors (Lipinski definition) is 1. The van der Waals surface area contributed by atoms with Crippen LogP contribution in [0.4, 0.5) is 5.82 Å². The van der Waals surface area contributed by atoms with Crippen LogP contribution in [-0.4, -0.2) is 39.5 Å². The first-order chi connectivity index (χ1) is 6.91. The minimum absolute atomic E-state index is 0.00426. The van der Waals surface area contributed by atoms with E-state index in [0.717, 1.165) is 0 Å². The van der Waals surface area contributed by atoms with Crippen molar-refractivity contribution in [1.82, 2.24) is 20.0 Å². The van der Waals surface area contributed by atoms with E-state index in [4.69, 9.17) is 0 Å². The SMILES string of the molecule is CN(C)NC(=O)c1nc([N+](=O)[O-])cn1C. The first-order valence-corrected chi connectivity index (χ1v) is 4.08. The van der Waals surface area contributed by atoms with Crippen molar-refractivity contribution in [3.8, 4) is 0 Å². The maximum absolute atomic E-state index is 11.5. The predicted molar refractivity (Wildman–Crippen MR) is 51.0 cm³/mol. The summed E-state index contributed by atoms with van der Waals surface area (Å²) in [5, 5.41) is 11.8. The molecule has 0 aromatic carbocycles. The van der Waals surface area contributed by atoms with Gasteiger partial charge in [-0.1, -0.05) is 0 Å². The van der Waals surface area contributed by atoms with Crippen LogP contribution in [0.2, 0.25) is 0 Å². The van der Waals surface area contributed by atoms with Crippen LogP contribution in [0.3, 0.4) is 0 Å². The number of hydrogen-bond acceptors (Lipinski definition) is 5. The molecule has 1 heterocycles. The molecule has 0 aliphatic carbocycles. The molecular weight excluding hydrogens is 202 g/mol. The van der Waals surface area contributed by atoms with E-state index in [-0.39, 0.29) is 11.6 Å². The number of rotatable bonds is 3. The van der Waals surface area contributed by atoms with E-state index in [9.17, 15) is 14.9 Å². The molecular formula is C7H11N5O3. The Hall–Kier alpha value is -1.96. The standard InChI is InChI=1S/C7H11N5O3/c1-10(2)9-7(13)6-8-5(12(14)15)4-11(6)3/h4H,1-3H3,(H,9,13). The molecule has 0 spiro atoms. The molecule has 0 unspecified atom stereocenters. The van der Waals surface area contributed by atoms with E-state index in [1.165, 1.54) is 22.8 Å². The molecule has 1 aromatic rings. The van der Waals surface area contributed by atoms with Gasteiger partial charge < -0.3 is 14.7 Å². The Labute approximate surface area is 85.6 Å². The summed E-state index contributed by atoms with van der Waals surface area (Å²) in [4.78, 5) is 24.8. The topological polar surface area (TPSA) is 93.3 Å². The number of amides is 1. The fraction of sp³-hybridized carbons (Fsp3) is 0.429. The molecule has 1 rings (SSSR count). The molecule has 0 aliphatic heterocycles. The Bertz CT molecular complexity index is 397. The Morgan fingerprint density at radius 3 is 2.67 bits per heavy atom. The Morgan fingerprint density at radius 1 is 1.67 bits per heavy atom. The van der Waals surface area contributed by atoms with Crippen LogP contribution in [0.15, 0.2) is 6.20 Å². The summed E-state index contributed by atoms with van der Waals surface area (Å²) in [6.07, 6.45) is 1.19. The van der Waals surface area contributed by atoms with Gasteiger partial charge in [0.25, 0.3) is 0 Å². The molecule has 1 aromatic heterocycles. The zero-order valence-corrected chi connectivity index (χ0v) is 8.59. The van der Waals surface area contributed by atoms with Gasteiger partial charge in [-0.15, -0.1) is 0 Å². The van der Waals surface area contributed by atoms with Crippen LogP contribution >= 0.6 is 0 Å². The number of carbonyl (C=O) groups excluding carboxylic acids is 1. The molecule has 15 heavy (non-hydrogen) atoms. The van der Waals surface area contributed by atoms with Crippen LogP contribution in [0.1, 0.15) is 10.6 Å².